The van der Waals surface area contributed by atoms with Gasteiger partial charge in [-0.15, -0.1) is 0 Å². The van der Waals surface area contributed by atoms with E-state index < -0.39 is 11.6 Å². The van der Waals surface area contributed by atoms with E-state index in [2.05, 4.69) is 5.32 Å². The maximum Gasteiger partial charge on any atom is 0.128 e. The van der Waals surface area contributed by atoms with Crippen molar-refractivity contribution >= 4 is 0 Å². The van der Waals surface area contributed by atoms with Crippen LogP contribution in [0.2, 0.25) is 0 Å². The first-order chi connectivity index (χ1) is 8.35. The summed E-state index contributed by atoms with van der Waals surface area (Å²) in [5.74, 6) is -0.824. The van der Waals surface area contributed by atoms with Crippen LogP contribution in [0, 0.1) is 11.6 Å². The number of ether oxygens (including phenoxy) is 1. The van der Waals surface area contributed by atoms with E-state index in [1.54, 1.807) is 6.92 Å². The van der Waals surface area contributed by atoms with Gasteiger partial charge in [0.15, 0.2) is 0 Å². The van der Waals surface area contributed by atoms with Gasteiger partial charge < -0.3 is 10.1 Å². The summed E-state index contributed by atoms with van der Waals surface area (Å²) < 4.78 is 32.2. The third-order valence-corrected chi connectivity index (χ3v) is 2.79. The van der Waals surface area contributed by atoms with Gasteiger partial charge in [-0.25, -0.2) is 8.78 Å². The molecule has 0 bridgehead atoms. The summed E-state index contributed by atoms with van der Waals surface area (Å²) in [5.41, 5.74) is 0.00889. The smallest absolute Gasteiger partial charge is 0.128 e. The molecule has 0 aromatic heterocycles. The molecule has 0 aliphatic rings. The Labute approximate surface area is 107 Å². The second kappa shape index (κ2) is 6.25. The third kappa shape index (κ3) is 4.35. The maximum atomic E-state index is 13.6. The molecule has 0 fully saturated rings. The Morgan fingerprint density at radius 1 is 1.33 bits per heavy atom. The largest absolute Gasteiger partial charge is 0.375 e. The molecule has 0 amide bonds. The van der Waals surface area contributed by atoms with Crippen molar-refractivity contribution in [3.05, 3.63) is 35.4 Å². The summed E-state index contributed by atoms with van der Waals surface area (Å²) in [6.07, 6.45) is 0. The highest BCUT2D eigenvalue weighted by atomic mass is 19.1. The molecule has 1 aromatic carbocycles. The normalized spacial score (nSPS) is 13.7. The van der Waals surface area contributed by atoms with E-state index in [0.29, 0.717) is 18.7 Å². The number of hydrogen-bond donors (Lipinski definition) is 1. The van der Waals surface area contributed by atoms with Crippen molar-refractivity contribution < 1.29 is 13.5 Å². The molecule has 0 radical (unpaired) electrons. The van der Waals surface area contributed by atoms with Crippen molar-refractivity contribution in [1.29, 1.82) is 0 Å². The lowest BCUT2D eigenvalue weighted by atomic mass is 10.1. The van der Waals surface area contributed by atoms with Crippen LogP contribution in [0.25, 0.3) is 0 Å². The Morgan fingerprint density at radius 3 is 2.61 bits per heavy atom. The van der Waals surface area contributed by atoms with Gasteiger partial charge in [-0.1, -0.05) is 0 Å². The minimum atomic E-state index is -0.427. The quantitative estimate of drug-likeness (QED) is 0.843. The zero-order chi connectivity index (χ0) is 13.8. The third-order valence-electron chi connectivity index (χ3n) is 2.79. The molecule has 0 aliphatic heterocycles. The molecule has 4 heteroatoms. The van der Waals surface area contributed by atoms with Crippen molar-refractivity contribution in [1.82, 2.24) is 5.32 Å². The topological polar surface area (TPSA) is 21.3 Å². The molecule has 2 nitrogen and oxygen atoms in total. The molecule has 1 aromatic rings. The molecule has 0 heterocycles. The molecular formula is C14H21F2NO. The fourth-order valence-corrected chi connectivity index (χ4v) is 1.80. The first-order valence-electron chi connectivity index (χ1n) is 6.18. The fourth-order valence-electron chi connectivity index (χ4n) is 1.80. The van der Waals surface area contributed by atoms with Crippen molar-refractivity contribution in [2.24, 2.45) is 0 Å². The molecule has 18 heavy (non-hydrogen) atoms. The predicted octanol–water partition coefficient (Wildman–Crippen LogP) is 3.43. The monoisotopic (exact) mass is 257 g/mol. The van der Waals surface area contributed by atoms with E-state index in [1.165, 1.54) is 6.07 Å². The van der Waals surface area contributed by atoms with Gasteiger partial charge in [0.25, 0.3) is 0 Å². The van der Waals surface area contributed by atoms with Crippen molar-refractivity contribution in [2.45, 2.75) is 39.3 Å². The lowest BCUT2D eigenvalue weighted by molar-refractivity contribution is -0.0104. The van der Waals surface area contributed by atoms with E-state index >= 15 is 0 Å². The Morgan fingerprint density at radius 2 is 2.00 bits per heavy atom. The first kappa shape index (κ1) is 15.1. The highest BCUT2D eigenvalue weighted by molar-refractivity contribution is 5.21. The Balaban J connectivity index is 2.65. The molecular weight excluding hydrogens is 236 g/mol. The van der Waals surface area contributed by atoms with Crippen LogP contribution >= 0.6 is 0 Å². The van der Waals surface area contributed by atoms with Gasteiger partial charge in [0, 0.05) is 24.8 Å². The van der Waals surface area contributed by atoms with Crippen LogP contribution in [-0.4, -0.2) is 18.8 Å². The summed E-state index contributed by atoms with van der Waals surface area (Å²) in [6.45, 7) is 8.84. The standard InChI is InChI=1S/C14H21F2NO/c1-5-18-14(3,4)9-17-10(2)12-8-11(15)6-7-13(12)16/h6-8,10,17H,5,9H2,1-4H3. The molecule has 1 unspecified atom stereocenters. The lowest BCUT2D eigenvalue weighted by Gasteiger charge is -2.27. The van der Waals surface area contributed by atoms with Crippen molar-refractivity contribution in [3.8, 4) is 0 Å². The zero-order valence-corrected chi connectivity index (χ0v) is 11.4. The average Bonchev–Trinajstić information content (AvgIpc) is 2.29. The van der Waals surface area contributed by atoms with Crippen LogP contribution in [0.4, 0.5) is 8.78 Å². The van der Waals surface area contributed by atoms with Crippen LogP contribution in [0.1, 0.15) is 39.3 Å². The summed E-state index contributed by atoms with van der Waals surface area (Å²) >= 11 is 0. The number of halogens is 2. The fraction of sp³-hybridized carbons (Fsp3) is 0.571. The number of benzene rings is 1. The molecule has 0 saturated heterocycles. The highest BCUT2D eigenvalue weighted by Gasteiger charge is 2.20. The lowest BCUT2D eigenvalue weighted by Crippen LogP contribution is -2.38. The molecule has 0 saturated carbocycles. The van der Waals surface area contributed by atoms with E-state index in [4.69, 9.17) is 4.74 Å². The van der Waals surface area contributed by atoms with E-state index in [9.17, 15) is 8.78 Å². The minimum absolute atomic E-state index is 0.263. The van der Waals surface area contributed by atoms with Crippen LogP contribution in [-0.2, 0) is 4.74 Å². The summed E-state index contributed by atoms with van der Waals surface area (Å²) in [6, 6.07) is 3.23. The molecule has 0 spiro atoms. The average molecular weight is 257 g/mol. The zero-order valence-electron chi connectivity index (χ0n) is 11.4. The minimum Gasteiger partial charge on any atom is -0.375 e. The number of nitrogens with one attached hydrogen (secondary N) is 1. The van der Waals surface area contributed by atoms with Gasteiger partial charge in [0.1, 0.15) is 11.6 Å². The highest BCUT2D eigenvalue weighted by Crippen LogP contribution is 2.19. The number of hydrogen-bond acceptors (Lipinski definition) is 2. The summed E-state index contributed by atoms with van der Waals surface area (Å²) in [4.78, 5) is 0. The predicted molar refractivity (Wildman–Crippen MR) is 68.5 cm³/mol. The SMILES string of the molecule is CCOC(C)(C)CNC(C)c1cc(F)ccc1F. The van der Waals surface area contributed by atoms with Crippen LogP contribution in [0.5, 0.6) is 0 Å². The Kier molecular flexibility index (Phi) is 5.23. The van der Waals surface area contributed by atoms with Gasteiger partial charge in [0.2, 0.25) is 0 Å². The van der Waals surface area contributed by atoms with E-state index in [0.717, 1.165) is 12.1 Å². The molecule has 0 aliphatic carbocycles. The maximum absolute atomic E-state index is 13.6. The van der Waals surface area contributed by atoms with Crippen LogP contribution in [0.15, 0.2) is 18.2 Å². The molecule has 102 valence electrons. The van der Waals surface area contributed by atoms with Crippen molar-refractivity contribution in [2.75, 3.05) is 13.2 Å². The van der Waals surface area contributed by atoms with Gasteiger partial charge in [-0.05, 0) is 45.9 Å². The summed E-state index contributed by atoms with van der Waals surface area (Å²) in [7, 11) is 0. The molecule has 1 rings (SSSR count). The second-order valence-corrected chi connectivity index (χ2v) is 4.96. The van der Waals surface area contributed by atoms with Gasteiger partial charge in [0.05, 0.1) is 5.60 Å². The first-order valence-corrected chi connectivity index (χ1v) is 6.18. The van der Waals surface area contributed by atoms with Gasteiger partial charge in [-0.2, -0.15) is 0 Å². The second-order valence-electron chi connectivity index (χ2n) is 4.96. The van der Waals surface area contributed by atoms with E-state index in [-0.39, 0.29) is 11.6 Å². The van der Waals surface area contributed by atoms with Crippen molar-refractivity contribution in [3.63, 3.8) is 0 Å². The molecule has 1 N–H and O–H groups in total. The van der Waals surface area contributed by atoms with E-state index in [1.807, 2.05) is 20.8 Å². The van der Waals surface area contributed by atoms with Crippen LogP contribution in [0.3, 0.4) is 0 Å². The van der Waals surface area contributed by atoms with Gasteiger partial charge in [-0.3, -0.25) is 0 Å². The Hall–Kier alpha value is -1.00. The van der Waals surface area contributed by atoms with Crippen LogP contribution < -0.4 is 5.32 Å². The number of rotatable bonds is 6. The van der Waals surface area contributed by atoms with Gasteiger partial charge >= 0.3 is 0 Å². The Bertz CT molecular complexity index is 393. The summed E-state index contributed by atoms with van der Waals surface area (Å²) in [5, 5.41) is 3.16. The molecule has 1 atom stereocenters.